The van der Waals surface area contributed by atoms with Crippen molar-refractivity contribution in [2.24, 2.45) is 0 Å². The second-order valence-corrected chi connectivity index (χ2v) is 16.9. The summed E-state index contributed by atoms with van der Waals surface area (Å²) < 4.78 is 33.4. The highest BCUT2D eigenvalue weighted by molar-refractivity contribution is 5.70. The van der Waals surface area contributed by atoms with Gasteiger partial charge in [0.15, 0.2) is 18.7 Å². The lowest BCUT2D eigenvalue weighted by atomic mass is 9.98. The quantitative estimate of drug-likeness (QED) is 0.0231. The molecular weight excluding hydrogens is 805 g/mol. The Kier molecular flexibility index (Phi) is 31.9. The number of esters is 2. The van der Waals surface area contributed by atoms with Gasteiger partial charge in [-0.1, -0.05) is 134 Å². The van der Waals surface area contributed by atoms with Crippen molar-refractivity contribution in [1.29, 1.82) is 0 Å². The summed E-state index contributed by atoms with van der Waals surface area (Å²) in [6.07, 6.45) is 16.5. The molecule has 0 amide bonds. The van der Waals surface area contributed by atoms with Crippen LogP contribution in [-0.2, 0) is 38.0 Å². The van der Waals surface area contributed by atoms with Gasteiger partial charge in [0, 0.05) is 12.8 Å². The number of hydrogen-bond donors (Lipinski definition) is 7. The number of allylic oxidation sites excluding steroid dienone is 4. The second kappa shape index (κ2) is 35.3. The van der Waals surface area contributed by atoms with Crippen LogP contribution in [0.2, 0.25) is 0 Å². The number of ether oxygens (including phenoxy) is 6. The third kappa shape index (κ3) is 23.8. The van der Waals surface area contributed by atoms with Gasteiger partial charge < -0.3 is 64.2 Å². The molecule has 0 aromatic heterocycles. The normalized spacial score (nSPS) is 27.2. The maximum Gasteiger partial charge on any atom is 0.306 e. The molecule has 0 aliphatic carbocycles. The first kappa shape index (κ1) is 56.1. The number of hydrogen-bond acceptors (Lipinski definition) is 15. The lowest BCUT2D eigenvalue weighted by molar-refractivity contribution is -0.332. The van der Waals surface area contributed by atoms with Crippen molar-refractivity contribution in [2.75, 3.05) is 26.4 Å². The van der Waals surface area contributed by atoms with E-state index in [9.17, 15) is 45.3 Å². The summed E-state index contributed by atoms with van der Waals surface area (Å²) in [5, 5.41) is 71.9. The molecule has 11 atom stereocenters. The minimum absolute atomic E-state index is 0.158. The van der Waals surface area contributed by atoms with Crippen LogP contribution >= 0.6 is 0 Å². The topological polar surface area (TPSA) is 231 Å². The lowest BCUT2D eigenvalue weighted by Crippen LogP contribution is -2.61. The van der Waals surface area contributed by atoms with E-state index in [1.54, 1.807) is 0 Å². The Labute approximate surface area is 371 Å². The SMILES string of the molecule is CCCCC/C=C\C/C=C\CCCCCCCCCC(=O)OC(COC(=O)CCCCCCCCCCC)COC1OC(COC2OC(CO)C(O)C(O)C2O)C(O)C(O)C1O. The summed E-state index contributed by atoms with van der Waals surface area (Å²) in [7, 11) is 0. The number of aliphatic hydroxyl groups is 7. The standard InChI is InChI=1S/C47H84O15/c1-3-5-7-9-11-13-14-15-16-17-18-19-20-22-24-26-28-30-39(50)60-35(32-57-38(49)29-27-25-23-21-12-10-8-6-4-2)33-58-46-45(56)43(54)41(52)37(62-46)34-59-47-44(55)42(53)40(51)36(31-48)61-47/h11,13,15-16,35-37,40-48,51-56H,3-10,12,14,17-34H2,1-2H3/b13-11-,16-15-. The maximum absolute atomic E-state index is 12.9. The highest BCUT2D eigenvalue weighted by Gasteiger charge is 2.47. The molecule has 0 radical (unpaired) electrons. The van der Waals surface area contributed by atoms with Gasteiger partial charge in [-0.2, -0.15) is 0 Å². The number of aliphatic hydroxyl groups excluding tert-OH is 7. The average Bonchev–Trinajstić information content (AvgIpc) is 3.26. The summed E-state index contributed by atoms with van der Waals surface area (Å²) in [5.41, 5.74) is 0. The van der Waals surface area contributed by atoms with Gasteiger partial charge in [-0.25, -0.2) is 0 Å². The number of rotatable bonds is 36. The van der Waals surface area contributed by atoms with Gasteiger partial charge in [-0.05, 0) is 44.9 Å². The van der Waals surface area contributed by atoms with Gasteiger partial charge in [-0.15, -0.1) is 0 Å². The van der Waals surface area contributed by atoms with E-state index in [1.807, 2.05) is 0 Å². The molecule has 0 aromatic carbocycles. The zero-order valence-electron chi connectivity index (χ0n) is 37.9. The molecule has 2 aliphatic rings. The van der Waals surface area contributed by atoms with E-state index in [-0.39, 0.29) is 26.1 Å². The van der Waals surface area contributed by atoms with Crippen molar-refractivity contribution in [3.05, 3.63) is 24.3 Å². The molecule has 2 aliphatic heterocycles. The monoisotopic (exact) mass is 889 g/mol. The second-order valence-electron chi connectivity index (χ2n) is 16.9. The fourth-order valence-corrected chi connectivity index (χ4v) is 7.42. The van der Waals surface area contributed by atoms with Crippen molar-refractivity contribution in [3.63, 3.8) is 0 Å². The van der Waals surface area contributed by atoms with E-state index >= 15 is 0 Å². The van der Waals surface area contributed by atoms with E-state index in [0.717, 1.165) is 64.2 Å². The Balaban J connectivity index is 1.83. The summed E-state index contributed by atoms with van der Waals surface area (Å²) in [4.78, 5) is 25.6. The van der Waals surface area contributed by atoms with Gasteiger partial charge in [0.05, 0.1) is 19.8 Å². The minimum Gasteiger partial charge on any atom is -0.462 e. The van der Waals surface area contributed by atoms with Crippen LogP contribution in [0.3, 0.4) is 0 Å². The molecule has 0 bridgehead atoms. The molecule has 15 nitrogen and oxygen atoms in total. The van der Waals surface area contributed by atoms with Gasteiger partial charge >= 0.3 is 11.9 Å². The number of carbonyl (C=O) groups excluding carboxylic acids is 2. The molecule has 0 aromatic rings. The molecular formula is C47H84O15. The van der Waals surface area contributed by atoms with E-state index in [4.69, 9.17) is 28.4 Å². The minimum atomic E-state index is -1.76. The van der Waals surface area contributed by atoms with Crippen molar-refractivity contribution in [2.45, 2.75) is 235 Å². The number of unbranched alkanes of at least 4 members (excludes halogenated alkanes) is 18. The largest absolute Gasteiger partial charge is 0.462 e. The van der Waals surface area contributed by atoms with Crippen LogP contribution in [0, 0.1) is 0 Å². The smallest absolute Gasteiger partial charge is 0.306 e. The molecule has 362 valence electrons. The zero-order chi connectivity index (χ0) is 45.4. The highest BCUT2D eigenvalue weighted by Crippen LogP contribution is 2.26. The fraction of sp³-hybridized carbons (Fsp3) is 0.872. The molecule has 7 N–H and O–H groups in total. The van der Waals surface area contributed by atoms with Crippen molar-refractivity contribution < 1.29 is 73.8 Å². The third-order valence-electron chi connectivity index (χ3n) is 11.4. The van der Waals surface area contributed by atoms with Gasteiger partial charge in [0.1, 0.15) is 55.4 Å². The van der Waals surface area contributed by atoms with E-state index in [0.29, 0.717) is 12.8 Å². The van der Waals surface area contributed by atoms with Crippen molar-refractivity contribution in [3.8, 4) is 0 Å². The first-order chi connectivity index (χ1) is 30.0. The summed E-state index contributed by atoms with van der Waals surface area (Å²) in [6, 6.07) is 0. The van der Waals surface area contributed by atoms with Crippen LogP contribution < -0.4 is 0 Å². The van der Waals surface area contributed by atoms with Crippen LogP contribution in [0.4, 0.5) is 0 Å². The fourth-order valence-electron chi connectivity index (χ4n) is 7.42. The Hall–Kier alpha value is -2.02. The molecule has 15 heteroatoms. The predicted octanol–water partition coefficient (Wildman–Crippen LogP) is 5.60. The van der Waals surface area contributed by atoms with Gasteiger partial charge in [0.2, 0.25) is 0 Å². The Morgan fingerprint density at radius 2 is 0.968 bits per heavy atom. The molecule has 2 saturated heterocycles. The first-order valence-electron chi connectivity index (χ1n) is 23.9. The number of carbonyl (C=O) groups is 2. The summed E-state index contributed by atoms with van der Waals surface area (Å²) in [5.74, 6) is -0.934. The third-order valence-corrected chi connectivity index (χ3v) is 11.4. The Morgan fingerprint density at radius 1 is 0.516 bits per heavy atom. The predicted molar refractivity (Wildman–Crippen MR) is 234 cm³/mol. The zero-order valence-corrected chi connectivity index (χ0v) is 37.9. The van der Waals surface area contributed by atoms with Crippen molar-refractivity contribution >= 4 is 11.9 Å². The van der Waals surface area contributed by atoms with Gasteiger partial charge in [-0.3, -0.25) is 9.59 Å². The van der Waals surface area contributed by atoms with Gasteiger partial charge in [0.25, 0.3) is 0 Å². The molecule has 11 unspecified atom stereocenters. The van der Waals surface area contributed by atoms with Crippen molar-refractivity contribution in [1.82, 2.24) is 0 Å². The Morgan fingerprint density at radius 3 is 1.53 bits per heavy atom. The van der Waals surface area contributed by atoms with Crippen LogP contribution in [0.1, 0.15) is 168 Å². The highest BCUT2D eigenvalue weighted by atomic mass is 16.7. The first-order valence-corrected chi connectivity index (χ1v) is 23.9. The molecule has 62 heavy (non-hydrogen) atoms. The molecule has 0 saturated carbocycles. The molecule has 2 fully saturated rings. The van der Waals surface area contributed by atoms with E-state index in [2.05, 4.69) is 38.2 Å². The van der Waals surface area contributed by atoms with Crippen LogP contribution in [0.5, 0.6) is 0 Å². The van der Waals surface area contributed by atoms with E-state index in [1.165, 1.54) is 64.2 Å². The molecule has 2 rings (SSSR count). The Bertz CT molecular complexity index is 1180. The lowest BCUT2D eigenvalue weighted by Gasteiger charge is -2.42. The molecule has 0 spiro atoms. The summed E-state index contributed by atoms with van der Waals surface area (Å²) in [6.45, 7) is 2.52. The molecule has 2 heterocycles. The van der Waals surface area contributed by atoms with E-state index < -0.39 is 92.7 Å². The van der Waals surface area contributed by atoms with Crippen LogP contribution in [-0.4, -0.2) is 142 Å². The average molecular weight is 889 g/mol. The van der Waals surface area contributed by atoms with Crippen LogP contribution in [0.25, 0.3) is 0 Å². The van der Waals surface area contributed by atoms with Crippen LogP contribution in [0.15, 0.2) is 24.3 Å². The maximum atomic E-state index is 12.9. The summed E-state index contributed by atoms with van der Waals surface area (Å²) >= 11 is 0.